The van der Waals surface area contributed by atoms with Crippen LogP contribution in [-0.2, 0) is 9.59 Å². The molecular formula is C22H17NO3S. The maximum Gasteiger partial charge on any atom is 0.261 e. The number of imide groups is 1. The molecule has 1 aliphatic heterocycles. The van der Waals surface area contributed by atoms with Crippen molar-refractivity contribution in [3.63, 3.8) is 0 Å². The Labute approximate surface area is 161 Å². The van der Waals surface area contributed by atoms with E-state index in [0.29, 0.717) is 0 Å². The number of rotatable bonds is 4. The van der Waals surface area contributed by atoms with Gasteiger partial charge in [0.1, 0.15) is 0 Å². The summed E-state index contributed by atoms with van der Waals surface area (Å²) in [6, 6.07) is 25.9. The van der Waals surface area contributed by atoms with Crippen molar-refractivity contribution in [2.24, 2.45) is 0 Å². The van der Waals surface area contributed by atoms with Crippen molar-refractivity contribution >= 4 is 23.6 Å². The summed E-state index contributed by atoms with van der Waals surface area (Å²) in [7, 11) is 0. The molecule has 5 heteroatoms. The van der Waals surface area contributed by atoms with Crippen molar-refractivity contribution in [1.29, 1.82) is 0 Å². The fraction of sp³-hybridized carbons (Fsp3) is 0.0909. The van der Waals surface area contributed by atoms with Crippen LogP contribution >= 0.6 is 11.8 Å². The van der Waals surface area contributed by atoms with Crippen LogP contribution in [0.1, 0.15) is 17.9 Å². The highest BCUT2D eigenvalue weighted by Crippen LogP contribution is 2.38. The predicted octanol–water partition coefficient (Wildman–Crippen LogP) is 4.74. The molecule has 1 N–H and O–H groups in total. The van der Waals surface area contributed by atoms with Gasteiger partial charge in [0.2, 0.25) is 0 Å². The molecule has 0 saturated carbocycles. The standard InChI is InChI=1S/C22H17NO3S/c24-21-14-19(22(25)23(21)26)18-8-4-5-9-20(18)27-17-12-10-16(11-13-17)15-6-2-1-3-7-15/h1-13,19,26H,14H2. The monoisotopic (exact) mass is 375 g/mol. The molecule has 1 aliphatic rings. The Kier molecular flexibility index (Phi) is 4.79. The fourth-order valence-electron chi connectivity index (χ4n) is 3.20. The third kappa shape index (κ3) is 3.52. The summed E-state index contributed by atoms with van der Waals surface area (Å²) < 4.78 is 0. The van der Waals surface area contributed by atoms with E-state index in [2.05, 4.69) is 24.3 Å². The highest BCUT2D eigenvalue weighted by atomic mass is 32.2. The summed E-state index contributed by atoms with van der Waals surface area (Å²) in [6.45, 7) is 0. The summed E-state index contributed by atoms with van der Waals surface area (Å²) in [5, 5.41) is 9.78. The third-order valence-corrected chi connectivity index (χ3v) is 5.71. The van der Waals surface area contributed by atoms with E-state index in [1.54, 1.807) is 11.8 Å². The van der Waals surface area contributed by atoms with Gasteiger partial charge in [0.05, 0.1) is 5.92 Å². The van der Waals surface area contributed by atoms with E-state index in [4.69, 9.17) is 0 Å². The van der Waals surface area contributed by atoms with Crippen LogP contribution in [0.4, 0.5) is 0 Å². The first-order valence-corrected chi connectivity index (χ1v) is 9.43. The topological polar surface area (TPSA) is 57.6 Å². The molecule has 134 valence electrons. The van der Waals surface area contributed by atoms with Crippen LogP contribution in [0.3, 0.4) is 0 Å². The number of amides is 2. The summed E-state index contributed by atoms with van der Waals surface area (Å²) in [5.74, 6) is -1.75. The Balaban J connectivity index is 1.59. The van der Waals surface area contributed by atoms with Crippen molar-refractivity contribution in [3.05, 3.63) is 84.4 Å². The van der Waals surface area contributed by atoms with Crippen LogP contribution in [0.2, 0.25) is 0 Å². The Morgan fingerprint density at radius 2 is 1.44 bits per heavy atom. The minimum atomic E-state index is -0.630. The number of hydroxylamine groups is 2. The van der Waals surface area contributed by atoms with Crippen LogP contribution in [0.15, 0.2) is 88.7 Å². The first-order chi connectivity index (χ1) is 13.1. The molecule has 1 atom stereocenters. The van der Waals surface area contributed by atoms with Crippen LogP contribution in [0, 0.1) is 0 Å². The lowest BCUT2D eigenvalue weighted by molar-refractivity contribution is -0.171. The van der Waals surface area contributed by atoms with Gasteiger partial charge >= 0.3 is 0 Å². The van der Waals surface area contributed by atoms with Gasteiger partial charge in [-0.15, -0.1) is 0 Å². The number of carbonyl (C=O) groups is 2. The van der Waals surface area contributed by atoms with Crippen molar-refractivity contribution in [1.82, 2.24) is 5.06 Å². The molecule has 1 unspecified atom stereocenters. The summed E-state index contributed by atoms with van der Waals surface area (Å²) in [4.78, 5) is 25.8. The van der Waals surface area contributed by atoms with Gasteiger partial charge in [-0.25, -0.2) is 0 Å². The molecular weight excluding hydrogens is 358 g/mol. The molecule has 4 rings (SSSR count). The van der Waals surface area contributed by atoms with E-state index in [0.717, 1.165) is 26.5 Å². The lowest BCUT2D eigenvalue weighted by Crippen LogP contribution is -2.26. The van der Waals surface area contributed by atoms with Gasteiger partial charge in [-0.05, 0) is 34.9 Å². The first-order valence-electron chi connectivity index (χ1n) is 8.61. The van der Waals surface area contributed by atoms with Crippen LogP contribution in [0.25, 0.3) is 11.1 Å². The van der Waals surface area contributed by atoms with Crippen LogP contribution in [-0.4, -0.2) is 22.1 Å². The van der Waals surface area contributed by atoms with Gasteiger partial charge in [-0.1, -0.05) is 72.4 Å². The minimum absolute atomic E-state index is 0.000147. The average molecular weight is 375 g/mol. The van der Waals surface area contributed by atoms with Crippen molar-refractivity contribution < 1.29 is 14.8 Å². The molecule has 1 fully saturated rings. The zero-order valence-corrected chi connectivity index (χ0v) is 15.2. The molecule has 2 amide bonds. The zero-order chi connectivity index (χ0) is 18.8. The van der Waals surface area contributed by atoms with Gasteiger partial charge in [0, 0.05) is 16.2 Å². The second-order valence-electron chi connectivity index (χ2n) is 6.33. The van der Waals surface area contributed by atoms with Gasteiger partial charge in [-0.2, -0.15) is 5.06 Å². The third-order valence-electron chi connectivity index (χ3n) is 4.61. The summed E-state index contributed by atoms with van der Waals surface area (Å²) in [5.41, 5.74) is 3.07. The lowest BCUT2D eigenvalue weighted by atomic mass is 9.98. The molecule has 3 aromatic rings. The van der Waals surface area contributed by atoms with E-state index >= 15 is 0 Å². The average Bonchev–Trinajstić information content (AvgIpc) is 2.97. The molecule has 0 radical (unpaired) electrons. The highest BCUT2D eigenvalue weighted by molar-refractivity contribution is 7.99. The Hall–Kier alpha value is -2.89. The maximum atomic E-state index is 12.2. The predicted molar refractivity (Wildman–Crippen MR) is 103 cm³/mol. The molecule has 0 aliphatic carbocycles. The van der Waals surface area contributed by atoms with E-state index in [1.165, 1.54) is 0 Å². The van der Waals surface area contributed by atoms with E-state index in [1.807, 2.05) is 54.6 Å². The molecule has 3 aromatic carbocycles. The largest absolute Gasteiger partial charge is 0.278 e. The van der Waals surface area contributed by atoms with Crippen LogP contribution < -0.4 is 0 Å². The maximum absolute atomic E-state index is 12.2. The number of nitrogens with zero attached hydrogens (tertiary/aromatic N) is 1. The summed E-state index contributed by atoms with van der Waals surface area (Å²) >= 11 is 1.55. The fourth-order valence-corrected chi connectivity index (χ4v) is 4.20. The second-order valence-corrected chi connectivity index (χ2v) is 7.45. The normalized spacial score (nSPS) is 16.8. The van der Waals surface area contributed by atoms with E-state index < -0.39 is 17.7 Å². The van der Waals surface area contributed by atoms with E-state index in [9.17, 15) is 14.8 Å². The van der Waals surface area contributed by atoms with Crippen molar-refractivity contribution in [2.75, 3.05) is 0 Å². The van der Waals surface area contributed by atoms with Gasteiger partial charge in [0.25, 0.3) is 11.8 Å². The molecule has 0 bridgehead atoms. The summed E-state index contributed by atoms with van der Waals surface area (Å²) in [6.07, 6.45) is -0.000147. The Bertz CT molecular complexity index is 986. The zero-order valence-electron chi connectivity index (χ0n) is 14.4. The number of hydrogen-bond donors (Lipinski definition) is 1. The minimum Gasteiger partial charge on any atom is -0.278 e. The smallest absolute Gasteiger partial charge is 0.261 e. The number of carbonyl (C=O) groups excluding carboxylic acids is 2. The first kappa shape index (κ1) is 17.5. The molecule has 0 spiro atoms. The Morgan fingerprint density at radius 3 is 2.11 bits per heavy atom. The van der Waals surface area contributed by atoms with Gasteiger partial charge in [-0.3, -0.25) is 14.8 Å². The van der Waals surface area contributed by atoms with Gasteiger partial charge < -0.3 is 0 Å². The SMILES string of the molecule is O=C1CC(c2ccccc2Sc2ccc(-c3ccccc3)cc2)C(=O)N1O. The van der Waals surface area contributed by atoms with Crippen LogP contribution in [0.5, 0.6) is 0 Å². The van der Waals surface area contributed by atoms with Crippen molar-refractivity contribution in [3.8, 4) is 11.1 Å². The lowest BCUT2D eigenvalue weighted by Gasteiger charge is -2.13. The molecule has 1 heterocycles. The highest BCUT2D eigenvalue weighted by Gasteiger charge is 2.39. The van der Waals surface area contributed by atoms with Gasteiger partial charge in [0.15, 0.2) is 0 Å². The van der Waals surface area contributed by atoms with Crippen molar-refractivity contribution in [2.45, 2.75) is 22.1 Å². The van der Waals surface area contributed by atoms with E-state index in [-0.39, 0.29) is 11.5 Å². The number of hydrogen-bond acceptors (Lipinski definition) is 4. The molecule has 1 saturated heterocycles. The quantitative estimate of drug-likeness (QED) is 0.529. The number of benzene rings is 3. The molecule has 0 aromatic heterocycles. The second kappa shape index (κ2) is 7.39. The molecule has 27 heavy (non-hydrogen) atoms. The molecule has 4 nitrogen and oxygen atoms in total. The Morgan fingerprint density at radius 1 is 0.815 bits per heavy atom.